The van der Waals surface area contributed by atoms with Gasteiger partial charge in [0.25, 0.3) is 0 Å². The van der Waals surface area contributed by atoms with Crippen LogP contribution in [-0.4, -0.2) is 43.8 Å². The molecule has 0 bridgehead atoms. The molecule has 0 saturated carbocycles. The maximum Gasteiger partial charge on any atom is 0.227 e. The molecule has 2 aliphatic rings. The SMILES string of the molecule is Cc1noc(C)c1CC(=O)N1CCC[C@H](c2nnc3n2CCC3)C1. The minimum atomic E-state index is 0.148. The van der Waals surface area contributed by atoms with Crippen molar-refractivity contribution in [2.75, 3.05) is 13.1 Å². The highest BCUT2D eigenvalue weighted by atomic mass is 16.5. The van der Waals surface area contributed by atoms with Gasteiger partial charge in [-0.3, -0.25) is 4.79 Å². The van der Waals surface area contributed by atoms with Gasteiger partial charge in [-0.15, -0.1) is 10.2 Å². The van der Waals surface area contributed by atoms with Gasteiger partial charge in [-0.1, -0.05) is 5.16 Å². The predicted molar refractivity (Wildman–Crippen MR) is 86.6 cm³/mol. The molecule has 128 valence electrons. The Morgan fingerprint density at radius 2 is 2.12 bits per heavy atom. The molecule has 0 unspecified atom stereocenters. The van der Waals surface area contributed by atoms with Crippen LogP contribution in [-0.2, 0) is 24.2 Å². The minimum absolute atomic E-state index is 0.148. The summed E-state index contributed by atoms with van der Waals surface area (Å²) in [5.74, 6) is 3.35. The third kappa shape index (κ3) is 2.61. The molecule has 2 aromatic rings. The predicted octanol–water partition coefficient (Wildman–Crippen LogP) is 1.78. The monoisotopic (exact) mass is 329 g/mol. The highest BCUT2D eigenvalue weighted by Gasteiger charge is 2.30. The van der Waals surface area contributed by atoms with E-state index >= 15 is 0 Å². The molecular weight excluding hydrogens is 306 g/mol. The second-order valence-electron chi connectivity index (χ2n) is 6.89. The number of aromatic nitrogens is 4. The van der Waals surface area contributed by atoms with Gasteiger partial charge in [-0.2, -0.15) is 0 Å². The Bertz CT molecular complexity index is 744. The van der Waals surface area contributed by atoms with Crippen LogP contribution in [0.4, 0.5) is 0 Å². The summed E-state index contributed by atoms with van der Waals surface area (Å²) in [5, 5.41) is 12.7. The molecule has 7 nitrogen and oxygen atoms in total. The van der Waals surface area contributed by atoms with Gasteiger partial charge in [-0.05, 0) is 33.1 Å². The summed E-state index contributed by atoms with van der Waals surface area (Å²) in [6, 6.07) is 0. The smallest absolute Gasteiger partial charge is 0.227 e. The molecular formula is C17H23N5O2. The Hall–Kier alpha value is -2.18. The van der Waals surface area contributed by atoms with E-state index in [0.717, 1.165) is 74.0 Å². The van der Waals surface area contributed by atoms with Gasteiger partial charge in [0, 0.05) is 37.5 Å². The van der Waals surface area contributed by atoms with Crippen molar-refractivity contribution in [3.8, 4) is 0 Å². The van der Waals surface area contributed by atoms with Gasteiger partial charge < -0.3 is 14.0 Å². The van der Waals surface area contributed by atoms with E-state index in [0.29, 0.717) is 12.3 Å². The number of nitrogens with zero attached hydrogens (tertiary/aromatic N) is 5. The van der Waals surface area contributed by atoms with Crippen LogP contribution in [0, 0.1) is 13.8 Å². The second kappa shape index (κ2) is 6.03. The average Bonchev–Trinajstić information content (AvgIpc) is 3.27. The van der Waals surface area contributed by atoms with E-state index in [-0.39, 0.29) is 5.91 Å². The molecule has 1 saturated heterocycles. The Morgan fingerprint density at radius 3 is 2.92 bits per heavy atom. The van der Waals surface area contributed by atoms with Crippen molar-refractivity contribution < 1.29 is 9.32 Å². The lowest BCUT2D eigenvalue weighted by atomic mass is 9.96. The first kappa shape index (κ1) is 15.4. The molecule has 0 spiro atoms. The Balaban J connectivity index is 1.47. The maximum atomic E-state index is 12.7. The third-order valence-corrected chi connectivity index (χ3v) is 5.29. The van der Waals surface area contributed by atoms with Gasteiger partial charge in [0.15, 0.2) is 0 Å². The van der Waals surface area contributed by atoms with E-state index < -0.39 is 0 Å². The maximum absolute atomic E-state index is 12.7. The summed E-state index contributed by atoms with van der Waals surface area (Å²) in [6.07, 6.45) is 4.63. The zero-order chi connectivity index (χ0) is 16.7. The number of hydrogen-bond donors (Lipinski definition) is 0. The lowest BCUT2D eigenvalue weighted by Gasteiger charge is -2.32. The standard InChI is InChI=1S/C17H23N5O2/c1-11-14(12(2)24-20-11)9-16(23)21-7-3-5-13(10-21)17-19-18-15-6-4-8-22(15)17/h13H,3-10H2,1-2H3/t13-/m0/s1. The molecule has 0 N–H and O–H groups in total. The molecule has 1 atom stereocenters. The lowest BCUT2D eigenvalue weighted by Crippen LogP contribution is -2.40. The van der Waals surface area contributed by atoms with Gasteiger partial charge in [0.05, 0.1) is 12.1 Å². The number of aryl methyl sites for hydroxylation is 3. The number of rotatable bonds is 3. The molecule has 1 fully saturated rings. The fourth-order valence-electron chi connectivity index (χ4n) is 3.91. The lowest BCUT2D eigenvalue weighted by molar-refractivity contribution is -0.131. The van der Waals surface area contributed by atoms with Crippen molar-refractivity contribution in [3.63, 3.8) is 0 Å². The van der Waals surface area contributed by atoms with E-state index in [2.05, 4.69) is 19.9 Å². The van der Waals surface area contributed by atoms with Crippen LogP contribution < -0.4 is 0 Å². The Kier molecular flexibility index (Phi) is 3.86. The number of piperidine rings is 1. The summed E-state index contributed by atoms with van der Waals surface area (Å²) >= 11 is 0. The van der Waals surface area contributed by atoms with Gasteiger partial charge in [-0.25, -0.2) is 0 Å². The number of likely N-dealkylation sites (tertiary alicyclic amines) is 1. The van der Waals surface area contributed by atoms with Crippen LogP contribution in [0.5, 0.6) is 0 Å². The van der Waals surface area contributed by atoms with Crippen LogP contribution in [0.25, 0.3) is 0 Å². The average molecular weight is 329 g/mol. The quantitative estimate of drug-likeness (QED) is 0.858. The molecule has 2 aromatic heterocycles. The second-order valence-corrected chi connectivity index (χ2v) is 6.89. The van der Waals surface area contributed by atoms with Crippen LogP contribution in [0.2, 0.25) is 0 Å². The number of amides is 1. The molecule has 4 heterocycles. The summed E-state index contributed by atoms with van der Waals surface area (Å²) in [4.78, 5) is 14.7. The van der Waals surface area contributed by atoms with Crippen LogP contribution in [0.15, 0.2) is 4.52 Å². The molecule has 0 aromatic carbocycles. The molecule has 1 amide bonds. The van der Waals surface area contributed by atoms with Crippen LogP contribution in [0.3, 0.4) is 0 Å². The minimum Gasteiger partial charge on any atom is -0.361 e. The van der Waals surface area contributed by atoms with Crippen LogP contribution in [0.1, 0.15) is 53.8 Å². The molecule has 2 aliphatic heterocycles. The molecule has 4 rings (SSSR count). The van der Waals surface area contributed by atoms with Gasteiger partial charge in [0.1, 0.15) is 17.4 Å². The zero-order valence-electron chi connectivity index (χ0n) is 14.3. The Labute approximate surface area is 141 Å². The Morgan fingerprint density at radius 1 is 1.25 bits per heavy atom. The van der Waals surface area contributed by atoms with Crippen LogP contribution >= 0.6 is 0 Å². The fraction of sp³-hybridized carbons (Fsp3) is 0.647. The summed E-state index contributed by atoms with van der Waals surface area (Å²) in [6.45, 7) is 6.32. The summed E-state index contributed by atoms with van der Waals surface area (Å²) in [7, 11) is 0. The first-order chi connectivity index (χ1) is 11.6. The first-order valence-electron chi connectivity index (χ1n) is 8.75. The van der Waals surface area contributed by atoms with Crippen molar-refractivity contribution in [3.05, 3.63) is 28.7 Å². The van der Waals surface area contributed by atoms with Crippen molar-refractivity contribution >= 4 is 5.91 Å². The zero-order valence-corrected chi connectivity index (χ0v) is 14.3. The van der Waals surface area contributed by atoms with Crippen molar-refractivity contribution in [1.82, 2.24) is 24.8 Å². The number of hydrogen-bond acceptors (Lipinski definition) is 5. The summed E-state index contributed by atoms with van der Waals surface area (Å²) in [5.41, 5.74) is 1.73. The molecule has 0 aliphatic carbocycles. The molecule has 7 heteroatoms. The summed E-state index contributed by atoms with van der Waals surface area (Å²) < 4.78 is 7.43. The normalized spacial score (nSPS) is 20.4. The topological polar surface area (TPSA) is 77.1 Å². The van der Waals surface area contributed by atoms with E-state index in [1.54, 1.807) is 0 Å². The van der Waals surface area contributed by atoms with Crippen molar-refractivity contribution in [2.45, 2.75) is 58.4 Å². The third-order valence-electron chi connectivity index (χ3n) is 5.29. The number of fused-ring (bicyclic) bond motifs is 1. The van der Waals surface area contributed by atoms with E-state index in [1.807, 2.05) is 18.7 Å². The molecule has 24 heavy (non-hydrogen) atoms. The van der Waals surface area contributed by atoms with Gasteiger partial charge in [0.2, 0.25) is 5.91 Å². The largest absolute Gasteiger partial charge is 0.361 e. The number of carbonyl (C=O) groups excluding carboxylic acids is 1. The van der Waals surface area contributed by atoms with E-state index in [9.17, 15) is 4.79 Å². The first-order valence-corrected chi connectivity index (χ1v) is 8.75. The van der Waals surface area contributed by atoms with Crippen molar-refractivity contribution in [2.24, 2.45) is 0 Å². The number of carbonyl (C=O) groups is 1. The van der Waals surface area contributed by atoms with Crippen molar-refractivity contribution in [1.29, 1.82) is 0 Å². The van der Waals surface area contributed by atoms with E-state index in [4.69, 9.17) is 4.52 Å². The fourth-order valence-corrected chi connectivity index (χ4v) is 3.91. The highest BCUT2D eigenvalue weighted by molar-refractivity contribution is 5.79. The highest BCUT2D eigenvalue weighted by Crippen LogP contribution is 2.29. The van der Waals surface area contributed by atoms with E-state index in [1.165, 1.54) is 0 Å². The molecule has 0 radical (unpaired) electrons. The van der Waals surface area contributed by atoms with Gasteiger partial charge >= 0.3 is 0 Å².